The number of nitrogens with zero attached hydrogens (tertiary/aromatic N) is 2. The van der Waals surface area contributed by atoms with E-state index in [-0.39, 0.29) is 6.04 Å². The topological polar surface area (TPSA) is 48.7 Å². The molecule has 3 nitrogen and oxygen atoms in total. The molecule has 0 aliphatic heterocycles. The average molecular weight is 265 g/mol. The molecular weight excluding hydrogens is 246 g/mol. The van der Waals surface area contributed by atoms with E-state index in [0.29, 0.717) is 6.04 Å². The molecule has 1 unspecified atom stereocenters. The van der Waals surface area contributed by atoms with Crippen molar-refractivity contribution in [3.63, 3.8) is 0 Å². The standard InChI is InChI=1S/C17H19N3/c18-10-17(20-14-7-2-1-3-8-14)16-12-19-11-13-6-4-5-9-15(13)16/h4-6,9,11-12,14,17,20H,1-3,7-8H2. The third kappa shape index (κ3) is 2.66. The van der Waals surface area contributed by atoms with Crippen LogP contribution in [0.25, 0.3) is 10.8 Å². The van der Waals surface area contributed by atoms with Crippen molar-refractivity contribution in [3.05, 3.63) is 42.2 Å². The van der Waals surface area contributed by atoms with Crippen LogP contribution in [0, 0.1) is 11.3 Å². The van der Waals surface area contributed by atoms with Crippen LogP contribution < -0.4 is 5.32 Å². The number of nitriles is 1. The van der Waals surface area contributed by atoms with Gasteiger partial charge in [0, 0.05) is 29.4 Å². The van der Waals surface area contributed by atoms with Crippen LogP contribution in [0.3, 0.4) is 0 Å². The minimum absolute atomic E-state index is 0.267. The molecule has 1 saturated carbocycles. The van der Waals surface area contributed by atoms with E-state index in [4.69, 9.17) is 0 Å². The van der Waals surface area contributed by atoms with Crippen LogP contribution in [-0.4, -0.2) is 11.0 Å². The van der Waals surface area contributed by atoms with Gasteiger partial charge < -0.3 is 0 Å². The number of pyridine rings is 1. The van der Waals surface area contributed by atoms with Crippen molar-refractivity contribution in [2.24, 2.45) is 0 Å². The van der Waals surface area contributed by atoms with Crippen molar-refractivity contribution in [1.82, 2.24) is 10.3 Å². The smallest absolute Gasteiger partial charge is 0.123 e. The number of fused-ring (bicyclic) bond motifs is 1. The lowest BCUT2D eigenvalue weighted by molar-refractivity contribution is 0.360. The van der Waals surface area contributed by atoms with Gasteiger partial charge >= 0.3 is 0 Å². The summed E-state index contributed by atoms with van der Waals surface area (Å²) in [4.78, 5) is 4.28. The predicted octanol–water partition coefficient (Wildman–Crippen LogP) is 3.72. The molecule has 0 bridgehead atoms. The minimum Gasteiger partial charge on any atom is -0.295 e. The van der Waals surface area contributed by atoms with Crippen LogP contribution in [0.15, 0.2) is 36.7 Å². The Kier molecular flexibility index (Phi) is 3.94. The Morgan fingerprint density at radius 3 is 2.75 bits per heavy atom. The monoisotopic (exact) mass is 265 g/mol. The molecule has 1 aromatic carbocycles. The van der Waals surface area contributed by atoms with Gasteiger partial charge in [-0.25, -0.2) is 0 Å². The summed E-state index contributed by atoms with van der Waals surface area (Å²) in [6.07, 6.45) is 9.89. The van der Waals surface area contributed by atoms with E-state index < -0.39 is 0 Å². The number of aromatic nitrogens is 1. The summed E-state index contributed by atoms with van der Waals surface area (Å²) in [6.45, 7) is 0. The van der Waals surface area contributed by atoms with Crippen LogP contribution in [0.2, 0.25) is 0 Å². The Hall–Kier alpha value is -1.92. The molecule has 3 heteroatoms. The van der Waals surface area contributed by atoms with Crippen molar-refractivity contribution in [3.8, 4) is 6.07 Å². The van der Waals surface area contributed by atoms with Gasteiger partial charge in [-0.3, -0.25) is 10.3 Å². The van der Waals surface area contributed by atoms with Gasteiger partial charge in [-0.05, 0) is 18.2 Å². The zero-order chi connectivity index (χ0) is 13.8. The van der Waals surface area contributed by atoms with Gasteiger partial charge in [0.15, 0.2) is 0 Å². The van der Waals surface area contributed by atoms with Gasteiger partial charge in [0.2, 0.25) is 0 Å². The van der Waals surface area contributed by atoms with Crippen LogP contribution >= 0.6 is 0 Å². The molecule has 0 radical (unpaired) electrons. The predicted molar refractivity (Wildman–Crippen MR) is 80.1 cm³/mol. The Morgan fingerprint density at radius 2 is 1.95 bits per heavy atom. The van der Waals surface area contributed by atoms with E-state index in [0.717, 1.165) is 16.3 Å². The maximum absolute atomic E-state index is 9.53. The molecule has 20 heavy (non-hydrogen) atoms. The third-order valence-electron chi connectivity index (χ3n) is 4.15. The Labute approximate surface area is 119 Å². The van der Waals surface area contributed by atoms with Crippen molar-refractivity contribution in [2.45, 2.75) is 44.2 Å². The maximum Gasteiger partial charge on any atom is 0.123 e. The lowest BCUT2D eigenvalue weighted by atomic mass is 9.93. The van der Waals surface area contributed by atoms with E-state index in [1.807, 2.05) is 30.6 Å². The molecule has 1 heterocycles. The molecule has 3 rings (SSSR count). The molecule has 1 aliphatic carbocycles. The highest BCUT2D eigenvalue weighted by Crippen LogP contribution is 2.25. The van der Waals surface area contributed by atoms with E-state index >= 15 is 0 Å². The summed E-state index contributed by atoms with van der Waals surface area (Å²) in [5, 5.41) is 15.3. The molecule has 1 aliphatic rings. The fourth-order valence-corrected chi connectivity index (χ4v) is 3.07. The van der Waals surface area contributed by atoms with Gasteiger partial charge in [0.1, 0.15) is 6.04 Å². The van der Waals surface area contributed by atoms with Crippen LogP contribution in [0.4, 0.5) is 0 Å². The van der Waals surface area contributed by atoms with Crippen molar-refractivity contribution >= 4 is 10.8 Å². The lowest BCUT2D eigenvalue weighted by Crippen LogP contribution is -2.34. The molecule has 102 valence electrons. The Morgan fingerprint density at radius 1 is 1.15 bits per heavy atom. The molecule has 2 aromatic rings. The first-order valence-corrected chi connectivity index (χ1v) is 7.37. The second kappa shape index (κ2) is 6.02. The van der Waals surface area contributed by atoms with Crippen LogP contribution in [0.5, 0.6) is 0 Å². The Balaban J connectivity index is 1.89. The van der Waals surface area contributed by atoms with E-state index in [2.05, 4.69) is 22.4 Å². The summed E-state index contributed by atoms with van der Waals surface area (Å²) in [5.74, 6) is 0. The molecule has 1 atom stereocenters. The zero-order valence-electron chi connectivity index (χ0n) is 11.5. The van der Waals surface area contributed by atoms with E-state index in [1.165, 1.54) is 32.1 Å². The summed E-state index contributed by atoms with van der Waals surface area (Å²) in [6, 6.07) is 10.7. The first-order chi connectivity index (χ1) is 9.88. The summed E-state index contributed by atoms with van der Waals surface area (Å²) in [5.41, 5.74) is 0.996. The molecule has 1 aromatic heterocycles. The van der Waals surface area contributed by atoms with Crippen molar-refractivity contribution < 1.29 is 0 Å². The highest BCUT2D eigenvalue weighted by molar-refractivity contribution is 5.85. The van der Waals surface area contributed by atoms with Crippen LogP contribution in [0.1, 0.15) is 43.7 Å². The normalized spacial score (nSPS) is 17.8. The largest absolute Gasteiger partial charge is 0.295 e. The maximum atomic E-state index is 9.53. The average Bonchev–Trinajstić information content (AvgIpc) is 2.53. The lowest BCUT2D eigenvalue weighted by Gasteiger charge is -2.25. The highest BCUT2D eigenvalue weighted by Gasteiger charge is 2.20. The zero-order valence-corrected chi connectivity index (χ0v) is 11.5. The number of hydrogen-bond acceptors (Lipinski definition) is 3. The second-order valence-electron chi connectivity index (χ2n) is 5.51. The first kappa shape index (κ1) is 13.1. The Bertz CT molecular complexity index is 618. The van der Waals surface area contributed by atoms with E-state index in [9.17, 15) is 5.26 Å². The van der Waals surface area contributed by atoms with Gasteiger partial charge in [0.05, 0.1) is 6.07 Å². The fourth-order valence-electron chi connectivity index (χ4n) is 3.07. The number of rotatable bonds is 3. The van der Waals surface area contributed by atoms with Crippen molar-refractivity contribution in [1.29, 1.82) is 5.26 Å². The van der Waals surface area contributed by atoms with Gasteiger partial charge in [0.25, 0.3) is 0 Å². The quantitative estimate of drug-likeness (QED) is 0.920. The molecule has 0 amide bonds. The number of nitrogens with one attached hydrogen (secondary N) is 1. The van der Waals surface area contributed by atoms with Gasteiger partial charge in [-0.2, -0.15) is 5.26 Å². The van der Waals surface area contributed by atoms with E-state index in [1.54, 1.807) is 0 Å². The number of benzene rings is 1. The summed E-state index contributed by atoms with van der Waals surface area (Å²) in [7, 11) is 0. The number of hydrogen-bond donors (Lipinski definition) is 1. The molecule has 1 N–H and O–H groups in total. The SMILES string of the molecule is N#CC(NC1CCCCC1)c1cncc2ccccc12. The van der Waals surface area contributed by atoms with Crippen molar-refractivity contribution in [2.75, 3.05) is 0 Å². The first-order valence-electron chi connectivity index (χ1n) is 7.37. The third-order valence-corrected chi connectivity index (χ3v) is 4.15. The highest BCUT2D eigenvalue weighted by atomic mass is 15.0. The summed E-state index contributed by atoms with van der Waals surface area (Å²) < 4.78 is 0. The van der Waals surface area contributed by atoms with Gasteiger partial charge in [-0.1, -0.05) is 43.5 Å². The fraction of sp³-hybridized carbons (Fsp3) is 0.412. The second-order valence-corrected chi connectivity index (χ2v) is 5.51. The summed E-state index contributed by atoms with van der Waals surface area (Å²) >= 11 is 0. The molecule has 0 saturated heterocycles. The minimum atomic E-state index is -0.267. The molecular formula is C17H19N3. The molecule has 1 fully saturated rings. The van der Waals surface area contributed by atoms with Gasteiger partial charge in [-0.15, -0.1) is 0 Å². The van der Waals surface area contributed by atoms with Crippen LogP contribution in [-0.2, 0) is 0 Å². The molecule has 0 spiro atoms.